The Hall–Kier alpha value is -1.05. The van der Waals surface area contributed by atoms with Gasteiger partial charge in [0.25, 0.3) is 0 Å². The lowest BCUT2D eigenvalue weighted by Gasteiger charge is -2.27. The summed E-state index contributed by atoms with van der Waals surface area (Å²) in [5, 5.41) is 4.67. The van der Waals surface area contributed by atoms with Crippen LogP contribution in [0.2, 0.25) is 0 Å². The first kappa shape index (κ1) is 21.7. The maximum Gasteiger partial charge on any atom is 0.123 e. The van der Waals surface area contributed by atoms with E-state index in [0.717, 1.165) is 34.1 Å². The molecule has 1 saturated carbocycles. The fraction of sp³-hybridized carbons (Fsp3) is 0.571. The van der Waals surface area contributed by atoms with Gasteiger partial charge in [-0.1, -0.05) is 15.9 Å². The van der Waals surface area contributed by atoms with Crippen LogP contribution in [0.25, 0.3) is 11.3 Å². The van der Waals surface area contributed by atoms with Gasteiger partial charge in [-0.3, -0.25) is 4.68 Å². The second-order valence-corrected chi connectivity index (χ2v) is 12.3. The van der Waals surface area contributed by atoms with E-state index in [9.17, 15) is 8.60 Å². The van der Waals surface area contributed by atoms with Crippen molar-refractivity contribution < 1.29 is 8.60 Å². The van der Waals surface area contributed by atoms with E-state index in [1.54, 1.807) is 6.07 Å². The van der Waals surface area contributed by atoms with Gasteiger partial charge in [0.05, 0.1) is 39.2 Å². The summed E-state index contributed by atoms with van der Waals surface area (Å²) >= 11 is 3.58. The number of rotatable bonds is 5. The van der Waals surface area contributed by atoms with Gasteiger partial charge in [0.1, 0.15) is 5.82 Å². The lowest BCUT2D eigenvalue weighted by atomic mass is 9.98. The van der Waals surface area contributed by atoms with Gasteiger partial charge in [-0.2, -0.15) is 5.10 Å². The molecular formula is C21H29BrFN3OS. The van der Waals surface area contributed by atoms with Crippen LogP contribution in [0, 0.1) is 11.7 Å². The van der Waals surface area contributed by atoms with Crippen LogP contribution >= 0.6 is 15.9 Å². The van der Waals surface area contributed by atoms with Crippen molar-refractivity contribution in [3.8, 4) is 11.3 Å². The summed E-state index contributed by atoms with van der Waals surface area (Å²) in [5.74, 6) is 0.120. The molecule has 1 fully saturated rings. The Balaban J connectivity index is 2.16. The third-order valence-electron chi connectivity index (χ3n) is 4.84. The molecule has 2 aromatic rings. The summed E-state index contributed by atoms with van der Waals surface area (Å²) in [6, 6.07) is 4.62. The van der Waals surface area contributed by atoms with Crippen LogP contribution in [0.15, 0.2) is 28.9 Å². The average molecular weight is 470 g/mol. The van der Waals surface area contributed by atoms with Crippen LogP contribution in [0.5, 0.6) is 0 Å². The molecule has 28 heavy (non-hydrogen) atoms. The summed E-state index contributed by atoms with van der Waals surface area (Å²) in [4.78, 5) is 0. The summed E-state index contributed by atoms with van der Waals surface area (Å²) in [5.41, 5.74) is 2.32. The number of nitrogens with zero attached hydrogens (tertiary/aromatic N) is 2. The molecular weight excluding hydrogens is 441 g/mol. The van der Waals surface area contributed by atoms with Crippen molar-refractivity contribution in [2.45, 2.75) is 70.7 Å². The normalized spacial score (nSPS) is 17.6. The Bertz CT molecular complexity index is 894. The van der Waals surface area contributed by atoms with Crippen molar-refractivity contribution >= 4 is 26.9 Å². The largest absolute Gasteiger partial charge is 0.259 e. The molecule has 1 aliphatic carbocycles. The van der Waals surface area contributed by atoms with E-state index in [1.807, 2.05) is 31.6 Å². The van der Waals surface area contributed by atoms with Gasteiger partial charge in [-0.05, 0) is 78.5 Å². The number of benzene rings is 1. The minimum Gasteiger partial charge on any atom is -0.259 e. The lowest BCUT2D eigenvalue weighted by molar-refractivity contribution is 0.359. The maximum absolute atomic E-state index is 14.1. The predicted octanol–water partition coefficient (Wildman–Crippen LogP) is 5.71. The molecule has 3 rings (SSSR count). The molecule has 1 aromatic heterocycles. The van der Waals surface area contributed by atoms with Crippen LogP contribution in [-0.4, -0.2) is 18.7 Å². The molecule has 1 heterocycles. The highest BCUT2D eigenvalue weighted by molar-refractivity contribution is 9.10. The third-order valence-corrected chi connectivity index (χ3v) is 7.11. The van der Waals surface area contributed by atoms with Crippen molar-refractivity contribution in [1.82, 2.24) is 14.5 Å². The van der Waals surface area contributed by atoms with Crippen LogP contribution in [0.3, 0.4) is 0 Å². The Morgan fingerprint density at radius 3 is 2.43 bits per heavy atom. The quantitative estimate of drug-likeness (QED) is 0.609. The Morgan fingerprint density at radius 1 is 1.25 bits per heavy atom. The van der Waals surface area contributed by atoms with E-state index in [4.69, 9.17) is 0 Å². The van der Waals surface area contributed by atoms with E-state index < -0.39 is 11.0 Å². The Kier molecular flexibility index (Phi) is 5.92. The molecule has 0 amide bonds. The standard InChI is InChI=1S/C21H29BrFN3OS/c1-20(2,3)26-19(15-11-14(23)9-10-17(15)22)16(12-24-26)18(13-7-8-13)25-28(27)21(4,5)6/h9-13,18,25H,7-8H2,1-6H3/t18-,28?/m1/s1. The van der Waals surface area contributed by atoms with Gasteiger partial charge in [0.2, 0.25) is 0 Å². The molecule has 1 aliphatic rings. The molecule has 0 bridgehead atoms. The highest BCUT2D eigenvalue weighted by Gasteiger charge is 2.39. The summed E-state index contributed by atoms with van der Waals surface area (Å²) in [6.45, 7) is 12.1. The third kappa shape index (κ3) is 4.57. The molecule has 1 aromatic carbocycles. The van der Waals surface area contributed by atoms with Crippen molar-refractivity contribution in [3.05, 3.63) is 40.2 Å². The van der Waals surface area contributed by atoms with Crippen molar-refractivity contribution in [3.63, 3.8) is 0 Å². The number of nitrogens with one attached hydrogen (secondary N) is 1. The minimum absolute atomic E-state index is 0.0821. The first-order valence-corrected chi connectivity index (χ1v) is 11.6. The Labute approximate surface area is 178 Å². The molecule has 0 spiro atoms. The van der Waals surface area contributed by atoms with Gasteiger partial charge in [-0.15, -0.1) is 0 Å². The molecule has 0 saturated heterocycles. The molecule has 7 heteroatoms. The van der Waals surface area contributed by atoms with Crippen molar-refractivity contribution in [2.24, 2.45) is 5.92 Å². The number of hydrogen-bond donors (Lipinski definition) is 1. The SMILES string of the molecule is CC(C)(C)n1ncc([C@H](NS(=O)C(C)(C)C)C2CC2)c1-c1cc(F)ccc1Br. The second kappa shape index (κ2) is 7.65. The predicted molar refractivity (Wildman–Crippen MR) is 117 cm³/mol. The molecule has 1 N–H and O–H groups in total. The highest BCUT2D eigenvalue weighted by atomic mass is 79.9. The molecule has 1 unspecified atom stereocenters. The van der Waals surface area contributed by atoms with E-state index >= 15 is 0 Å². The van der Waals surface area contributed by atoms with Gasteiger partial charge in [-0.25, -0.2) is 13.3 Å². The van der Waals surface area contributed by atoms with Gasteiger partial charge in [0.15, 0.2) is 0 Å². The van der Waals surface area contributed by atoms with Crippen LogP contribution < -0.4 is 4.72 Å². The van der Waals surface area contributed by atoms with Crippen LogP contribution in [0.4, 0.5) is 4.39 Å². The lowest BCUT2D eigenvalue weighted by Crippen LogP contribution is -2.36. The van der Waals surface area contributed by atoms with Crippen LogP contribution in [0.1, 0.15) is 66.0 Å². The van der Waals surface area contributed by atoms with E-state index in [1.165, 1.54) is 12.1 Å². The monoisotopic (exact) mass is 469 g/mol. The van der Waals surface area contributed by atoms with Crippen molar-refractivity contribution in [1.29, 1.82) is 0 Å². The van der Waals surface area contributed by atoms with Crippen molar-refractivity contribution in [2.75, 3.05) is 0 Å². The van der Waals surface area contributed by atoms with E-state index in [-0.39, 0.29) is 22.1 Å². The zero-order valence-electron chi connectivity index (χ0n) is 17.3. The summed E-state index contributed by atoms with van der Waals surface area (Å²) < 4.78 is 32.7. The van der Waals surface area contributed by atoms with Gasteiger partial charge >= 0.3 is 0 Å². The number of halogens is 2. The van der Waals surface area contributed by atoms with Crippen LogP contribution in [-0.2, 0) is 16.5 Å². The molecule has 154 valence electrons. The zero-order valence-corrected chi connectivity index (χ0v) is 19.7. The smallest absolute Gasteiger partial charge is 0.123 e. The number of hydrogen-bond acceptors (Lipinski definition) is 2. The molecule has 0 aliphatic heterocycles. The Morgan fingerprint density at radius 2 is 1.89 bits per heavy atom. The minimum atomic E-state index is -1.21. The van der Waals surface area contributed by atoms with E-state index in [0.29, 0.717) is 5.92 Å². The highest BCUT2D eigenvalue weighted by Crippen LogP contribution is 2.46. The molecule has 2 atom stereocenters. The fourth-order valence-corrected chi connectivity index (χ4v) is 4.52. The van der Waals surface area contributed by atoms with Gasteiger partial charge in [0, 0.05) is 15.6 Å². The van der Waals surface area contributed by atoms with Gasteiger partial charge < -0.3 is 0 Å². The number of aromatic nitrogens is 2. The zero-order chi connectivity index (χ0) is 20.9. The van der Waals surface area contributed by atoms with E-state index in [2.05, 4.69) is 46.5 Å². The first-order chi connectivity index (χ1) is 12.9. The maximum atomic E-state index is 14.1. The summed E-state index contributed by atoms with van der Waals surface area (Å²) in [6.07, 6.45) is 4.03. The fourth-order valence-electron chi connectivity index (χ4n) is 3.18. The molecule has 0 radical (unpaired) electrons. The average Bonchev–Trinajstić information content (AvgIpc) is 3.30. The summed E-state index contributed by atoms with van der Waals surface area (Å²) in [7, 11) is -1.21. The molecule has 4 nitrogen and oxygen atoms in total. The first-order valence-electron chi connectivity index (χ1n) is 9.61. The topological polar surface area (TPSA) is 46.9 Å². The second-order valence-electron chi connectivity index (χ2n) is 9.47.